The van der Waals surface area contributed by atoms with Gasteiger partial charge in [-0.1, -0.05) is 0 Å². The van der Waals surface area contributed by atoms with Crippen LogP contribution >= 0.6 is 11.3 Å². The summed E-state index contributed by atoms with van der Waals surface area (Å²) >= 11 is 1.56. The fourth-order valence-corrected chi connectivity index (χ4v) is 2.87. The Balaban J connectivity index is 2.36. The molecule has 22 heavy (non-hydrogen) atoms. The normalized spacial score (nSPS) is 11.1. The molecule has 0 fully saturated rings. The summed E-state index contributed by atoms with van der Waals surface area (Å²) in [6.07, 6.45) is 0.0761. The number of rotatable bonds is 6. The summed E-state index contributed by atoms with van der Waals surface area (Å²) in [7, 11) is 0. The zero-order valence-electron chi connectivity index (χ0n) is 13.7. The van der Waals surface area contributed by atoms with Crippen LogP contribution in [-0.2, 0) is 14.3 Å². The van der Waals surface area contributed by atoms with Crippen molar-refractivity contribution in [3.05, 3.63) is 21.4 Å². The molecule has 1 amide bonds. The molecular weight excluding hydrogens is 302 g/mol. The summed E-state index contributed by atoms with van der Waals surface area (Å²) in [6, 6.07) is 1.84. The summed E-state index contributed by atoms with van der Waals surface area (Å²) < 4.78 is 4.87. The van der Waals surface area contributed by atoms with Gasteiger partial charge in [0.25, 0.3) is 5.91 Å². The van der Waals surface area contributed by atoms with Crippen molar-refractivity contribution in [3.8, 4) is 0 Å². The van der Waals surface area contributed by atoms with Gasteiger partial charge < -0.3 is 10.1 Å². The van der Waals surface area contributed by atoms with Gasteiger partial charge in [-0.3, -0.25) is 14.4 Å². The molecule has 0 saturated heterocycles. The van der Waals surface area contributed by atoms with E-state index < -0.39 is 5.97 Å². The highest BCUT2D eigenvalue weighted by molar-refractivity contribution is 7.12. The van der Waals surface area contributed by atoms with Crippen molar-refractivity contribution in [1.82, 2.24) is 5.32 Å². The number of thiophene rings is 1. The van der Waals surface area contributed by atoms with Crippen molar-refractivity contribution < 1.29 is 19.1 Å². The maximum Gasteiger partial charge on any atom is 0.306 e. The Kier molecular flexibility index (Phi) is 6.29. The molecule has 1 N–H and O–H groups in total. The predicted molar refractivity (Wildman–Crippen MR) is 86.2 cm³/mol. The van der Waals surface area contributed by atoms with Crippen molar-refractivity contribution in [2.24, 2.45) is 0 Å². The smallest absolute Gasteiger partial charge is 0.306 e. The number of Topliss-reactive ketones (excluding diaryl/α,β-unsaturated/α-hetero) is 1. The Bertz CT molecular complexity index is 569. The monoisotopic (exact) mass is 325 g/mol. The maximum atomic E-state index is 12.0. The lowest BCUT2D eigenvalue weighted by Crippen LogP contribution is -2.42. The molecule has 0 aliphatic carbocycles. The standard InChI is InChI=1S/C16H23NO4S/c1-10-8-12(11(2)22-10)13(18)6-7-15(20)21-9-14(19)17-16(3,4)5/h8H,6-7,9H2,1-5H3,(H,17,19). The van der Waals surface area contributed by atoms with Gasteiger partial charge >= 0.3 is 5.97 Å². The van der Waals surface area contributed by atoms with E-state index in [4.69, 9.17) is 4.74 Å². The Morgan fingerprint density at radius 1 is 1.18 bits per heavy atom. The van der Waals surface area contributed by atoms with Crippen LogP contribution < -0.4 is 5.32 Å². The second kappa shape index (κ2) is 7.54. The number of esters is 1. The Morgan fingerprint density at radius 2 is 1.82 bits per heavy atom. The van der Waals surface area contributed by atoms with E-state index in [1.165, 1.54) is 0 Å². The molecule has 122 valence electrons. The Labute approximate surface area is 135 Å². The number of aryl methyl sites for hydroxylation is 2. The molecule has 0 radical (unpaired) electrons. The molecule has 1 heterocycles. The van der Waals surface area contributed by atoms with Gasteiger partial charge in [-0.05, 0) is 40.7 Å². The van der Waals surface area contributed by atoms with E-state index in [9.17, 15) is 14.4 Å². The Morgan fingerprint density at radius 3 is 2.32 bits per heavy atom. The van der Waals surface area contributed by atoms with Gasteiger partial charge in [0, 0.05) is 27.3 Å². The summed E-state index contributed by atoms with van der Waals surface area (Å²) in [4.78, 5) is 37.2. The van der Waals surface area contributed by atoms with Crippen LogP contribution in [0.5, 0.6) is 0 Å². The minimum absolute atomic E-state index is 0.0179. The molecule has 0 atom stereocenters. The van der Waals surface area contributed by atoms with Crippen LogP contribution in [0.3, 0.4) is 0 Å². The van der Waals surface area contributed by atoms with Gasteiger partial charge in [0.1, 0.15) is 0 Å². The molecule has 0 unspecified atom stereocenters. The lowest BCUT2D eigenvalue weighted by Gasteiger charge is -2.20. The molecule has 6 heteroatoms. The highest BCUT2D eigenvalue weighted by Gasteiger charge is 2.17. The molecule has 1 aromatic heterocycles. The van der Waals surface area contributed by atoms with Crippen LogP contribution in [0.2, 0.25) is 0 Å². The van der Waals surface area contributed by atoms with Gasteiger partial charge in [-0.2, -0.15) is 0 Å². The van der Waals surface area contributed by atoms with Crippen LogP contribution in [-0.4, -0.2) is 29.8 Å². The molecular formula is C16H23NO4S. The first kappa shape index (κ1) is 18.4. The minimum atomic E-state index is -0.540. The third kappa shape index (κ3) is 6.39. The van der Waals surface area contributed by atoms with E-state index in [-0.39, 0.29) is 36.7 Å². The molecule has 1 rings (SSSR count). The summed E-state index contributed by atoms with van der Waals surface area (Å²) in [5.74, 6) is -0.962. The summed E-state index contributed by atoms with van der Waals surface area (Å²) in [5, 5.41) is 2.69. The first-order valence-electron chi connectivity index (χ1n) is 7.15. The summed E-state index contributed by atoms with van der Waals surface area (Å²) in [6.45, 7) is 9.04. The van der Waals surface area contributed by atoms with Gasteiger partial charge in [-0.15, -0.1) is 11.3 Å². The average molecular weight is 325 g/mol. The highest BCUT2D eigenvalue weighted by atomic mass is 32.1. The van der Waals surface area contributed by atoms with Crippen LogP contribution in [0.4, 0.5) is 0 Å². The first-order chi connectivity index (χ1) is 10.1. The SMILES string of the molecule is Cc1cc(C(=O)CCC(=O)OCC(=O)NC(C)(C)C)c(C)s1. The lowest BCUT2D eigenvalue weighted by atomic mass is 10.1. The second-order valence-corrected chi connectivity index (χ2v) is 7.67. The zero-order chi connectivity index (χ0) is 16.9. The molecule has 0 aliphatic rings. The molecule has 0 saturated carbocycles. The van der Waals surface area contributed by atoms with Crippen molar-refractivity contribution in [1.29, 1.82) is 0 Å². The molecule has 0 aromatic carbocycles. The third-order valence-corrected chi connectivity index (χ3v) is 3.74. The van der Waals surface area contributed by atoms with Crippen molar-refractivity contribution in [2.45, 2.75) is 53.0 Å². The van der Waals surface area contributed by atoms with Gasteiger partial charge in [0.05, 0.1) is 6.42 Å². The topological polar surface area (TPSA) is 72.5 Å². The number of hydrogen-bond donors (Lipinski definition) is 1. The number of nitrogens with one attached hydrogen (secondary N) is 1. The largest absolute Gasteiger partial charge is 0.456 e. The molecule has 0 aliphatic heterocycles. The number of amides is 1. The maximum absolute atomic E-state index is 12.0. The van der Waals surface area contributed by atoms with Crippen molar-refractivity contribution in [2.75, 3.05) is 6.61 Å². The van der Waals surface area contributed by atoms with Gasteiger partial charge in [0.2, 0.25) is 0 Å². The molecule has 1 aromatic rings. The fraction of sp³-hybridized carbons (Fsp3) is 0.562. The van der Waals surface area contributed by atoms with E-state index in [1.807, 2.05) is 40.7 Å². The van der Waals surface area contributed by atoms with E-state index in [2.05, 4.69) is 5.32 Å². The van der Waals surface area contributed by atoms with Crippen molar-refractivity contribution in [3.63, 3.8) is 0 Å². The zero-order valence-corrected chi connectivity index (χ0v) is 14.6. The van der Waals surface area contributed by atoms with Crippen LogP contribution in [0.25, 0.3) is 0 Å². The van der Waals surface area contributed by atoms with E-state index in [0.717, 1.165) is 9.75 Å². The van der Waals surface area contributed by atoms with Crippen LogP contribution in [0.1, 0.15) is 53.7 Å². The second-order valence-electron chi connectivity index (χ2n) is 6.21. The lowest BCUT2D eigenvalue weighted by molar-refractivity contribution is -0.148. The number of carbonyl (C=O) groups is 3. The average Bonchev–Trinajstić information content (AvgIpc) is 2.70. The molecule has 5 nitrogen and oxygen atoms in total. The minimum Gasteiger partial charge on any atom is -0.456 e. The number of hydrogen-bond acceptors (Lipinski definition) is 5. The summed E-state index contributed by atoms with van der Waals surface area (Å²) in [5.41, 5.74) is 0.300. The first-order valence-corrected chi connectivity index (χ1v) is 7.97. The van der Waals surface area contributed by atoms with Crippen LogP contribution in [0.15, 0.2) is 6.07 Å². The van der Waals surface area contributed by atoms with Crippen LogP contribution in [0, 0.1) is 13.8 Å². The fourth-order valence-electron chi connectivity index (χ4n) is 1.93. The van der Waals surface area contributed by atoms with Crippen molar-refractivity contribution >= 4 is 29.0 Å². The number of ether oxygens (including phenoxy) is 1. The van der Waals surface area contributed by atoms with E-state index in [0.29, 0.717) is 5.56 Å². The quantitative estimate of drug-likeness (QED) is 0.645. The van der Waals surface area contributed by atoms with Gasteiger partial charge in [0.15, 0.2) is 12.4 Å². The molecule has 0 bridgehead atoms. The highest BCUT2D eigenvalue weighted by Crippen LogP contribution is 2.22. The number of ketones is 1. The van der Waals surface area contributed by atoms with E-state index >= 15 is 0 Å². The number of carbonyl (C=O) groups excluding carboxylic acids is 3. The van der Waals surface area contributed by atoms with Gasteiger partial charge in [-0.25, -0.2) is 0 Å². The predicted octanol–water partition coefficient (Wildman–Crippen LogP) is 2.79. The Hall–Kier alpha value is -1.69. The van der Waals surface area contributed by atoms with E-state index in [1.54, 1.807) is 11.3 Å². The molecule has 0 spiro atoms. The third-order valence-electron chi connectivity index (χ3n) is 2.78.